The van der Waals surface area contributed by atoms with E-state index < -0.39 is 0 Å². The van der Waals surface area contributed by atoms with Crippen molar-refractivity contribution in [2.75, 3.05) is 26.2 Å². The van der Waals surface area contributed by atoms with Gasteiger partial charge in [0.05, 0.1) is 6.54 Å². The molecule has 0 aliphatic carbocycles. The fraction of sp³-hybridized carbons (Fsp3) is 0.429. The van der Waals surface area contributed by atoms with Crippen molar-refractivity contribution >= 4 is 0 Å². The second-order valence-corrected chi connectivity index (χ2v) is 5.00. The van der Waals surface area contributed by atoms with Gasteiger partial charge in [-0.05, 0) is 13.0 Å². The van der Waals surface area contributed by atoms with Crippen molar-refractivity contribution in [3.8, 4) is 11.4 Å². The molecule has 1 fully saturated rings. The van der Waals surface area contributed by atoms with E-state index in [0.29, 0.717) is 0 Å². The molecule has 5 nitrogen and oxygen atoms in total. The van der Waals surface area contributed by atoms with Crippen LogP contribution in [0.2, 0.25) is 0 Å². The van der Waals surface area contributed by atoms with Crippen LogP contribution in [-0.4, -0.2) is 46.3 Å². The van der Waals surface area contributed by atoms with Gasteiger partial charge in [0.15, 0.2) is 5.82 Å². The highest BCUT2D eigenvalue weighted by Crippen LogP contribution is 2.16. The number of benzene rings is 1. The SMILES string of the molecule is Cc1cccc(-c2n[nH]c(CN3CCNCC3)n2)c1. The molecular formula is C14H19N5. The minimum absolute atomic E-state index is 0.786. The molecule has 1 aliphatic heterocycles. The maximum absolute atomic E-state index is 4.59. The van der Waals surface area contributed by atoms with Gasteiger partial charge >= 0.3 is 0 Å². The summed E-state index contributed by atoms with van der Waals surface area (Å²) in [4.78, 5) is 6.97. The summed E-state index contributed by atoms with van der Waals surface area (Å²) in [5.41, 5.74) is 2.30. The van der Waals surface area contributed by atoms with Crippen LogP contribution < -0.4 is 5.32 Å². The van der Waals surface area contributed by atoms with Gasteiger partial charge in [-0.1, -0.05) is 23.8 Å². The molecule has 2 heterocycles. The van der Waals surface area contributed by atoms with Gasteiger partial charge in [-0.3, -0.25) is 10.00 Å². The smallest absolute Gasteiger partial charge is 0.181 e. The number of hydrogen-bond donors (Lipinski definition) is 2. The standard InChI is InChI=1S/C14H19N5/c1-11-3-2-4-12(9-11)14-16-13(17-18-14)10-19-7-5-15-6-8-19/h2-4,9,15H,5-8,10H2,1H3,(H,16,17,18). The minimum Gasteiger partial charge on any atom is -0.314 e. The zero-order chi connectivity index (χ0) is 13.1. The van der Waals surface area contributed by atoms with E-state index in [1.54, 1.807) is 0 Å². The number of aryl methyl sites for hydroxylation is 1. The molecule has 1 aliphatic rings. The number of hydrogen-bond acceptors (Lipinski definition) is 4. The molecule has 19 heavy (non-hydrogen) atoms. The van der Waals surface area contributed by atoms with Crippen LogP contribution in [0.25, 0.3) is 11.4 Å². The molecule has 0 atom stereocenters. The number of nitrogens with one attached hydrogen (secondary N) is 2. The number of aromatic amines is 1. The van der Waals surface area contributed by atoms with Gasteiger partial charge in [0, 0.05) is 31.7 Å². The Morgan fingerprint density at radius 1 is 1.26 bits per heavy atom. The van der Waals surface area contributed by atoms with E-state index in [0.717, 1.165) is 49.9 Å². The van der Waals surface area contributed by atoms with Gasteiger partial charge in [-0.25, -0.2) is 4.98 Å². The summed E-state index contributed by atoms with van der Waals surface area (Å²) in [6.45, 7) is 7.18. The molecule has 1 saturated heterocycles. The summed E-state index contributed by atoms with van der Waals surface area (Å²) in [6, 6.07) is 8.28. The van der Waals surface area contributed by atoms with E-state index in [9.17, 15) is 0 Å². The topological polar surface area (TPSA) is 56.8 Å². The normalized spacial score (nSPS) is 16.7. The van der Waals surface area contributed by atoms with Gasteiger partial charge in [-0.15, -0.1) is 0 Å². The predicted octanol–water partition coefficient (Wildman–Crippen LogP) is 1.19. The van der Waals surface area contributed by atoms with E-state index in [-0.39, 0.29) is 0 Å². The number of piperazine rings is 1. The third-order valence-corrected chi connectivity index (χ3v) is 3.39. The highest BCUT2D eigenvalue weighted by molar-refractivity contribution is 5.55. The fourth-order valence-corrected chi connectivity index (χ4v) is 2.36. The van der Waals surface area contributed by atoms with Crippen molar-refractivity contribution in [3.63, 3.8) is 0 Å². The fourth-order valence-electron chi connectivity index (χ4n) is 2.36. The van der Waals surface area contributed by atoms with Gasteiger partial charge in [0.1, 0.15) is 5.82 Å². The Hall–Kier alpha value is -1.72. The van der Waals surface area contributed by atoms with Crippen LogP contribution in [0.5, 0.6) is 0 Å². The molecule has 0 amide bonds. The summed E-state index contributed by atoms with van der Waals surface area (Å²) in [6.07, 6.45) is 0. The Kier molecular flexibility index (Phi) is 3.57. The Morgan fingerprint density at radius 2 is 2.11 bits per heavy atom. The maximum Gasteiger partial charge on any atom is 0.181 e. The quantitative estimate of drug-likeness (QED) is 0.867. The highest BCUT2D eigenvalue weighted by atomic mass is 15.3. The van der Waals surface area contributed by atoms with Crippen LogP contribution >= 0.6 is 0 Å². The summed E-state index contributed by atoms with van der Waals surface area (Å²) >= 11 is 0. The third-order valence-electron chi connectivity index (χ3n) is 3.39. The molecule has 0 spiro atoms. The van der Waals surface area contributed by atoms with Crippen LogP contribution in [0.3, 0.4) is 0 Å². The molecule has 2 N–H and O–H groups in total. The first-order valence-electron chi connectivity index (χ1n) is 6.73. The Balaban J connectivity index is 1.72. The van der Waals surface area contributed by atoms with Crippen molar-refractivity contribution < 1.29 is 0 Å². The largest absolute Gasteiger partial charge is 0.314 e. The molecular weight excluding hydrogens is 238 g/mol. The van der Waals surface area contributed by atoms with Crippen LogP contribution in [0.1, 0.15) is 11.4 Å². The Bertz CT molecular complexity index is 542. The van der Waals surface area contributed by atoms with Crippen molar-refractivity contribution in [1.29, 1.82) is 0 Å². The van der Waals surface area contributed by atoms with E-state index in [1.165, 1.54) is 5.56 Å². The van der Waals surface area contributed by atoms with Gasteiger partial charge in [0.2, 0.25) is 0 Å². The first-order valence-corrected chi connectivity index (χ1v) is 6.73. The van der Waals surface area contributed by atoms with Gasteiger partial charge < -0.3 is 5.32 Å². The first-order chi connectivity index (χ1) is 9.31. The average molecular weight is 257 g/mol. The zero-order valence-corrected chi connectivity index (χ0v) is 11.2. The molecule has 0 unspecified atom stereocenters. The third kappa shape index (κ3) is 3.00. The molecule has 1 aromatic heterocycles. The molecule has 0 saturated carbocycles. The highest BCUT2D eigenvalue weighted by Gasteiger charge is 2.13. The summed E-state index contributed by atoms with van der Waals surface area (Å²) in [5, 5.41) is 10.7. The van der Waals surface area contributed by atoms with Crippen LogP contribution in [-0.2, 0) is 6.54 Å². The summed E-state index contributed by atoms with van der Waals surface area (Å²) in [5.74, 6) is 1.73. The van der Waals surface area contributed by atoms with Crippen molar-refractivity contribution in [1.82, 2.24) is 25.4 Å². The number of rotatable bonds is 3. The van der Waals surface area contributed by atoms with E-state index in [2.05, 4.69) is 44.5 Å². The number of aromatic nitrogens is 3. The average Bonchev–Trinajstić information content (AvgIpc) is 2.88. The predicted molar refractivity (Wildman–Crippen MR) is 74.7 cm³/mol. The van der Waals surface area contributed by atoms with Gasteiger partial charge in [-0.2, -0.15) is 5.10 Å². The van der Waals surface area contributed by atoms with Crippen LogP contribution in [0.4, 0.5) is 0 Å². The lowest BCUT2D eigenvalue weighted by Crippen LogP contribution is -2.43. The van der Waals surface area contributed by atoms with E-state index in [4.69, 9.17) is 0 Å². The molecule has 5 heteroatoms. The lowest BCUT2D eigenvalue weighted by atomic mass is 10.1. The lowest BCUT2D eigenvalue weighted by molar-refractivity contribution is 0.228. The minimum atomic E-state index is 0.786. The van der Waals surface area contributed by atoms with Gasteiger partial charge in [0.25, 0.3) is 0 Å². The van der Waals surface area contributed by atoms with E-state index >= 15 is 0 Å². The first kappa shape index (κ1) is 12.3. The molecule has 0 bridgehead atoms. The number of nitrogens with zero attached hydrogens (tertiary/aromatic N) is 3. The van der Waals surface area contributed by atoms with Crippen molar-refractivity contribution in [2.45, 2.75) is 13.5 Å². The van der Waals surface area contributed by atoms with E-state index in [1.807, 2.05) is 12.1 Å². The Morgan fingerprint density at radius 3 is 2.89 bits per heavy atom. The summed E-state index contributed by atoms with van der Waals surface area (Å²) < 4.78 is 0. The van der Waals surface area contributed by atoms with Crippen molar-refractivity contribution in [3.05, 3.63) is 35.7 Å². The van der Waals surface area contributed by atoms with Crippen molar-refractivity contribution in [2.24, 2.45) is 0 Å². The molecule has 0 radical (unpaired) electrons. The summed E-state index contributed by atoms with van der Waals surface area (Å²) in [7, 11) is 0. The molecule has 100 valence electrons. The van der Waals surface area contributed by atoms with Crippen LogP contribution in [0.15, 0.2) is 24.3 Å². The maximum atomic E-state index is 4.59. The second kappa shape index (κ2) is 5.50. The van der Waals surface area contributed by atoms with Crippen LogP contribution in [0, 0.1) is 6.92 Å². The Labute approximate surface area is 113 Å². The lowest BCUT2D eigenvalue weighted by Gasteiger charge is -2.25. The molecule has 3 rings (SSSR count). The number of H-pyrrole nitrogens is 1. The molecule has 2 aromatic rings. The molecule has 1 aromatic carbocycles. The monoisotopic (exact) mass is 257 g/mol. The second-order valence-electron chi connectivity index (χ2n) is 5.00. The zero-order valence-electron chi connectivity index (χ0n) is 11.2.